The van der Waals surface area contributed by atoms with E-state index in [1.807, 2.05) is 6.07 Å². The van der Waals surface area contributed by atoms with Crippen molar-refractivity contribution in [2.45, 2.75) is 12.7 Å². The van der Waals surface area contributed by atoms with Gasteiger partial charge in [0.1, 0.15) is 0 Å². The van der Waals surface area contributed by atoms with Crippen LogP contribution in [0.4, 0.5) is 0 Å². The van der Waals surface area contributed by atoms with Crippen molar-refractivity contribution in [3.05, 3.63) is 35.4 Å². The summed E-state index contributed by atoms with van der Waals surface area (Å²) in [5.41, 5.74) is 0.887. The molecule has 0 saturated heterocycles. The molecule has 1 N–H and O–H groups in total. The molecule has 0 aliphatic heterocycles. The summed E-state index contributed by atoms with van der Waals surface area (Å²) in [5.74, 6) is -2.08. The summed E-state index contributed by atoms with van der Waals surface area (Å²) >= 11 is 0. The molecule has 0 heterocycles. The number of aliphatic carboxylic acids is 1. The van der Waals surface area contributed by atoms with Crippen molar-refractivity contribution in [3.63, 3.8) is 0 Å². The minimum Gasteiger partial charge on any atom is -0.481 e. The Hall–Kier alpha value is -1.91. The topological polar surface area (TPSA) is 98.5 Å². The summed E-state index contributed by atoms with van der Waals surface area (Å²) in [6, 6.07) is 8.27. The highest BCUT2D eigenvalue weighted by atomic mass is 32.2. The zero-order valence-electron chi connectivity index (χ0n) is 11.3. The molecule has 0 amide bonds. The molecule has 1 atom stereocenters. The second-order valence-corrected chi connectivity index (χ2v) is 6.66. The van der Waals surface area contributed by atoms with Gasteiger partial charge in [-0.2, -0.15) is 5.26 Å². The number of sulfonamides is 1. The molecule has 20 heavy (non-hydrogen) atoms. The first-order valence-electron chi connectivity index (χ1n) is 5.92. The monoisotopic (exact) mass is 296 g/mol. The number of carboxylic acids is 1. The van der Waals surface area contributed by atoms with E-state index in [1.54, 1.807) is 18.2 Å². The second kappa shape index (κ2) is 6.50. The summed E-state index contributed by atoms with van der Waals surface area (Å²) in [6.45, 7) is 1.36. The van der Waals surface area contributed by atoms with Gasteiger partial charge < -0.3 is 5.11 Å². The Labute approximate surface area is 118 Å². The highest BCUT2D eigenvalue weighted by Gasteiger charge is 2.23. The van der Waals surface area contributed by atoms with Crippen molar-refractivity contribution in [3.8, 4) is 6.07 Å². The summed E-state index contributed by atoms with van der Waals surface area (Å²) in [7, 11) is -2.26. The van der Waals surface area contributed by atoms with Crippen LogP contribution in [0.15, 0.2) is 24.3 Å². The van der Waals surface area contributed by atoms with Crippen molar-refractivity contribution >= 4 is 16.0 Å². The van der Waals surface area contributed by atoms with Crippen molar-refractivity contribution < 1.29 is 18.3 Å². The lowest BCUT2D eigenvalue weighted by atomic mass is 10.2. The number of rotatable bonds is 6. The van der Waals surface area contributed by atoms with Crippen LogP contribution in [-0.4, -0.2) is 37.4 Å². The lowest BCUT2D eigenvalue weighted by Gasteiger charge is -2.19. The zero-order valence-corrected chi connectivity index (χ0v) is 12.1. The molecule has 1 unspecified atom stereocenters. The molecule has 0 radical (unpaired) electrons. The predicted octanol–water partition coefficient (Wildman–Crippen LogP) is 1.04. The fourth-order valence-corrected chi connectivity index (χ4v) is 2.90. The van der Waals surface area contributed by atoms with Crippen LogP contribution in [0, 0.1) is 17.2 Å². The highest BCUT2D eigenvalue weighted by Crippen LogP contribution is 2.13. The van der Waals surface area contributed by atoms with Crippen molar-refractivity contribution in [2.75, 3.05) is 13.6 Å². The molecular weight excluding hydrogens is 280 g/mol. The maximum atomic E-state index is 12.1. The number of benzene rings is 1. The summed E-state index contributed by atoms with van der Waals surface area (Å²) in [4.78, 5) is 10.7. The first-order chi connectivity index (χ1) is 9.26. The number of carboxylic acid groups (broad SMARTS) is 1. The molecule has 0 aromatic heterocycles. The van der Waals surface area contributed by atoms with Gasteiger partial charge in [0.05, 0.1) is 23.3 Å². The van der Waals surface area contributed by atoms with Crippen LogP contribution in [-0.2, 0) is 20.6 Å². The second-order valence-electron chi connectivity index (χ2n) is 4.59. The van der Waals surface area contributed by atoms with E-state index in [0.717, 1.165) is 4.31 Å². The molecule has 108 valence electrons. The Balaban J connectivity index is 2.84. The van der Waals surface area contributed by atoms with Crippen LogP contribution < -0.4 is 0 Å². The minimum absolute atomic E-state index is 0.0877. The average Bonchev–Trinajstić information content (AvgIpc) is 2.38. The summed E-state index contributed by atoms with van der Waals surface area (Å²) in [5, 5.41) is 17.6. The molecule has 1 aromatic carbocycles. The van der Waals surface area contributed by atoms with E-state index in [9.17, 15) is 13.2 Å². The Bertz CT molecular complexity index is 634. The third-order valence-electron chi connectivity index (χ3n) is 2.83. The maximum Gasteiger partial charge on any atom is 0.307 e. The lowest BCUT2D eigenvalue weighted by Crippen LogP contribution is -2.34. The number of hydrogen-bond donors (Lipinski definition) is 1. The smallest absolute Gasteiger partial charge is 0.307 e. The molecule has 7 heteroatoms. The van der Waals surface area contributed by atoms with Crippen LogP contribution in [0.1, 0.15) is 18.1 Å². The van der Waals surface area contributed by atoms with Crippen LogP contribution in [0.2, 0.25) is 0 Å². The third kappa shape index (κ3) is 4.33. The predicted molar refractivity (Wildman–Crippen MR) is 73.2 cm³/mol. The first kappa shape index (κ1) is 16.1. The molecule has 0 saturated carbocycles. The molecule has 0 fully saturated rings. The fourth-order valence-electron chi connectivity index (χ4n) is 1.63. The summed E-state index contributed by atoms with van der Waals surface area (Å²) in [6.07, 6.45) is 0. The highest BCUT2D eigenvalue weighted by molar-refractivity contribution is 7.88. The van der Waals surface area contributed by atoms with E-state index in [-0.39, 0.29) is 12.3 Å². The number of nitrogens with zero attached hydrogens (tertiary/aromatic N) is 2. The SMILES string of the molecule is CC(CN(C)S(=O)(=O)Cc1cccc(C#N)c1)C(=O)O. The van der Waals surface area contributed by atoms with Crippen LogP contribution >= 0.6 is 0 Å². The normalized spacial score (nSPS) is 12.9. The molecule has 0 aliphatic rings. The maximum absolute atomic E-state index is 12.1. The van der Waals surface area contributed by atoms with Crippen LogP contribution in [0.25, 0.3) is 0 Å². The van der Waals surface area contributed by atoms with Crippen molar-refractivity contribution in [1.82, 2.24) is 4.31 Å². The van der Waals surface area contributed by atoms with E-state index >= 15 is 0 Å². The standard InChI is InChI=1S/C13H16N2O4S/c1-10(13(16)17)8-15(2)20(18,19)9-12-5-3-4-11(6-12)7-14/h3-6,10H,8-9H2,1-2H3,(H,16,17). The molecule has 0 aliphatic carbocycles. The largest absolute Gasteiger partial charge is 0.481 e. The third-order valence-corrected chi connectivity index (χ3v) is 4.63. The van der Waals surface area contributed by atoms with Gasteiger partial charge >= 0.3 is 5.97 Å². The lowest BCUT2D eigenvalue weighted by molar-refractivity contribution is -0.141. The van der Waals surface area contributed by atoms with E-state index < -0.39 is 21.9 Å². The summed E-state index contributed by atoms with van der Waals surface area (Å²) < 4.78 is 25.2. The fraction of sp³-hybridized carbons (Fsp3) is 0.385. The first-order valence-corrected chi connectivity index (χ1v) is 7.53. The van der Waals surface area contributed by atoms with Crippen molar-refractivity contribution in [2.24, 2.45) is 5.92 Å². The van der Waals surface area contributed by atoms with Crippen LogP contribution in [0.3, 0.4) is 0 Å². The van der Waals surface area contributed by atoms with Crippen molar-refractivity contribution in [1.29, 1.82) is 5.26 Å². The van der Waals surface area contributed by atoms with Gasteiger partial charge in [-0.25, -0.2) is 12.7 Å². The Morgan fingerprint density at radius 2 is 2.15 bits per heavy atom. The van der Waals surface area contributed by atoms with Gasteiger partial charge in [0, 0.05) is 13.6 Å². The number of carbonyl (C=O) groups is 1. The molecule has 6 nitrogen and oxygen atoms in total. The van der Waals surface area contributed by atoms with E-state index in [2.05, 4.69) is 0 Å². The van der Waals surface area contributed by atoms with E-state index in [1.165, 1.54) is 20.0 Å². The molecule has 1 aromatic rings. The van der Waals surface area contributed by atoms with Gasteiger partial charge in [-0.3, -0.25) is 4.79 Å². The zero-order chi connectivity index (χ0) is 15.3. The van der Waals surface area contributed by atoms with Gasteiger partial charge in [0.25, 0.3) is 0 Å². The van der Waals surface area contributed by atoms with Gasteiger partial charge in [-0.1, -0.05) is 19.1 Å². The van der Waals surface area contributed by atoms with Gasteiger partial charge in [0.2, 0.25) is 10.0 Å². The molecule has 0 bridgehead atoms. The Morgan fingerprint density at radius 3 is 2.70 bits per heavy atom. The van der Waals surface area contributed by atoms with Gasteiger partial charge in [0.15, 0.2) is 0 Å². The van der Waals surface area contributed by atoms with Crippen LogP contribution in [0.5, 0.6) is 0 Å². The van der Waals surface area contributed by atoms with E-state index in [4.69, 9.17) is 10.4 Å². The molecule has 1 rings (SSSR count). The van der Waals surface area contributed by atoms with E-state index in [0.29, 0.717) is 11.1 Å². The Morgan fingerprint density at radius 1 is 1.50 bits per heavy atom. The molecule has 0 spiro atoms. The van der Waals surface area contributed by atoms with Gasteiger partial charge in [-0.05, 0) is 17.7 Å². The number of hydrogen-bond acceptors (Lipinski definition) is 4. The minimum atomic E-state index is -3.61. The molecular formula is C13H16N2O4S. The quantitative estimate of drug-likeness (QED) is 0.845. The number of nitriles is 1. The Kier molecular flexibility index (Phi) is 5.25. The average molecular weight is 296 g/mol. The van der Waals surface area contributed by atoms with Gasteiger partial charge in [-0.15, -0.1) is 0 Å².